The predicted octanol–water partition coefficient (Wildman–Crippen LogP) is 2.42. The van der Waals surface area contributed by atoms with Crippen molar-refractivity contribution in [3.05, 3.63) is 35.5 Å². The Kier molecular flexibility index (Phi) is 5.36. The number of benzene rings is 1. The monoisotopic (exact) mass is 308 g/mol. The van der Waals surface area contributed by atoms with Crippen LogP contribution in [0.5, 0.6) is 5.75 Å². The lowest BCUT2D eigenvalue weighted by Gasteiger charge is -2.14. The Morgan fingerprint density at radius 1 is 1.43 bits per heavy atom. The van der Waals surface area contributed by atoms with E-state index >= 15 is 0 Å². The quantitative estimate of drug-likeness (QED) is 0.890. The van der Waals surface area contributed by atoms with Gasteiger partial charge in [0, 0.05) is 24.7 Å². The zero-order chi connectivity index (χ0) is 15.2. The smallest absolute Gasteiger partial charge is 0.258 e. The van der Waals surface area contributed by atoms with Crippen molar-refractivity contribution in [2.75, 3.05) is 20.3 Å². The van der Waals surface area contributed by atoms with Crippen molar-refractivity contribution >= 4 is 28.4 Å². The molecule has 0 aliphatic carbocycles. The summed E-state index contributed by atoms with van der Waals surface area (Å²) in [6.07, 6.45) is 1.66. The van der Waals surface area contributed by atoms with Crippen molar-refractivity contribution in [2.24, 2.45) is 0 Å². The van der Waals surface area contributed by atoms with Crippen LogP contribution in [0.1, 0.15) is 6.92 Å². The lowest BCUT2D eigenvalue weighted by atomic mass is 10.2. The lowest BCUT2D eigenvalue weighted by molar-refractivity contribution is -0.124. The van der Waals surface area contributed by atoms with Crippen molar-refractivity contribution in [1.29, 1.82) is 0 Å². The molecule has 1 N–H and O–H groups in total. The molecule has 0 saturated heterocycles. The maximum atomic E-state index is 11.8. The van der Waals surface area contributed by atoms with Gasteiger partial charge in [-0.1, -0.05) is 11.6 Å². The molecule has 1 aromatic carbocycles. The number of hydrogen-bond donors (Lipinski definition) is 1. The Hall–Kier alpha value is -1.85. The third kappa shape index (κ3) is 4.06. The summed E-state index contributed by atoms with van der Waals surface area (Å²) in [7, 11) is 1.59. The van der Waals surface area contributed by atoms with Crippen molar-refractivity contribution < 1.29 is 14.3 Å². The fourth-order valence-electron chi connectivity index (χ4n) is 1.98. The third-order valence-electron chi connectivity index (χ3n) is 2.86. The first kappa shape index (κ1) is 15.5. The van der Waals surface area contributed by atoms with Crippen LogP contribution in [0, 0.1) is 0 Å². The van der Waals surface area contributed by atoms with Crippen LogP contribution in [0.3, 0.4) is 0 Å². The largest absolute Gasteiger partial charge is 0.481 e. The van der Waals surface area contributed by atoms with E-state index < -0.39 is 0 Å². The molecular weight excluding hydrogens is 292 g/mol. The molecule has 6 heteroatoms. The van der Waals surface area contributed by atoms with Crippen LogP contribution in [0.2, 0.25) is 5.02 Å². The number of nitrogens with one attached hydrogen (secondary N) is 1. The minimum absolute atomic E-state index is 0.0637. The molecular formula is C15H17ClN2O3. The van der Waals surface area contributed by atoms with Gasteiger partial charge in [0.2, 0.25) is 0 Å². The van der Waals surface area contributed by atoms with E-state index in [9.17, 15) is 4.79 Å². The van der Waals surface area contributed by atoms with E-state index in [1.54, 1.807) is 31.5 Å². The molecule has 2 aromatic rings. The van der Waals surface area contributed by atoms with Gasteiger partial charge in [-0.05, 0) is 31.2 Å². The minimum Gasteiger partial charge on any atom is -0.481 e. The van der Waals surface area contributed by atoms with Crippen LogP contribution >= 0.6 is 11.6 Å². The second-order valence-corrected chi connectivity index (χ2v) is 5.06. The molecule has 112 valence electrons. The number of methoxy groups -OCH3 is 1. The highest BCUT2D eigenvalue weighted by Gasteiger charge is 2.10. The molecule has 21 heavy (non-hydrogen) atoms. The van der Waals surface area contributed by atoms with Crippen LogP contribution in [0.25, 0.3) is 10.9 Å². The van der Waals surface area contributed by atoms with Gasteiger partial charge in [-0.15, -0.1) is 0 Å². The number of rotatable bonds is 6. The molecule has 1 amide bonds. The zero-order valence-corrected chi connectivity index (χ0v) is 12.7. The molecule has 1 aromatic heterocycles. The van der Waals surface area contributed by atoms with Crippen LogP contribution in [-0.2, 0) is 9.53 Å². The standard InChI is InChI=1S/C15H17ClN2O3/c1-10(8-20-2)18-14(19)9-21-13-6-5-12(16)11-4-3-7-17-15(11)13/h3-7,10H,8-9H2,1-2H3,(H,18,19). The summed E-state index contributed by atoms with van der Waals surface area (Å²) in [6, 6.07) is 7.04. The molecule has 2 rings (SSSR count). The van der Waals surface area contributed by atoms with Gasteiger partial charge in [0.25, 0.3) is 5.91 Å². The molecule has 0 saturated carbocycles. The normalized spacial score (nSPS) is 12.1. The first-order valence-electron chi connectivity index (χ1n) is 6.56. The number of ether oxygens (including phenoxy) is 2. The van der Waals surface area contributed by atoms with E-state index in [1.165, 1.54) is 0 Å². The number of nitrogens with zero attached hydrogens (tertiary/aromatic N) is 1. The van der Waals surface area contributed by atoms with Crippen molar-refractivity contribution in [3.8, 4) is 5.75 Å². The maximum absolute atomic E-state index is 11.8. The SMILES string of the molecule is COCC(C)NC(=O)COc1ccc(Cl)c2cccnc12. The lowest BCUT2D eigenvalue weighted by Crippen LogP contribution is -2.38. The highest BCUT2D eigenvalue weighted by molar-refractivity contribution is 6.35. The van der Waals surface area contributed by atoms with Gasteiger partial charge >= 0.3 is 0 Å². The first-order valence-corrected chi connectivity index (χ1v) is 6.94. The summed E-state index contributed by atoms with van der Waals surface area (Å²) in [4.78, 5) is 16.0. The van der Waals surface area contributed by atoms with Crippen LogP contribution < -0.4 is 10.1 Å². The number of carbonyl (C=O) groups excluding carboxylic acids is 1. The molecule has 0 fully saturated rings. The van der Waals surface area contributed by atoms with E-state index in [1.807, 2.05) is 13.0 Å². The molecule has 0 aliphatic heterocycles. The third-order valence-corrected chi connectivity index (χ3v) is 3.19. The number of halogens is 1. The van der Waals surface area contributed by atoms with Gasteiger partial charge in [0.05, 0.1) is 11.6 Å². The second kappa shape index (κ2) is 7.24. The van der Waals surface area contributed by atoms with E-state index in [4.69, 9.17) is 21.1 Å². The van der Waals surface area contributed by atoms with Crippen molar-refractivity contribution in [1.82, 2.24) is 10.3 Å². The van der Waals surface area contributed by atoms with Crippen LogP contribution in [-0.4, -0.2) is 37.3 Å². The number of pyridine rings is 1. The average molecular weight is 309 g/mol. The van der Waals surface area contributed by atoms with Gasteiger partial charge in [0.15, 0.2) is 6.61 Å². The number of amides is 1. The summed E-state index contributed by atoms with van der Waals surface area (Å²) in [5.41, 5.74) is 0.641. The average Bonchev–Trinajstić information content (AvgIpc) is 2.47. The molecule has 1 unspecified atom stereocenters. The van der Waals surface area contributed by atoms with E-state index in [2.05, 4.69) is 10.3 Å². The zero-order valence-electron chi connectivity index (χ0n) is 11.9. The van der Waals surface area contributed by atoms with Gasteiger partial charge < -0.3 is 14.8 Å². The summed E-state index contributed by atoms with van der Waals surface area (Å²) >= 11 is 6.11. The Bertz CT molecular complexity index is 633. The first-order chi connectivity index (χ1) is 10.1. The number of fused-ring (bicyclic) bond motifs is 1. The minimum atomic E-state index is -0.210. The van der Waals surface area contributed by atoms with Gasteiger partial charge in [-0.25, -0.2) is 0 Å². The Morgan fingerprint density at radius 2 is 2.24 bits per heavy atom. The number of aromatic nitrogens is 1. The van der Waals surface area contributed by atoms with Crippen LogP contribution in [0.4, 0.5) is 0 Å². The Balaban J connectivity index is 2.04. The van der Waals surface area contributed by atoms with Crippen LogP contribution in [0.15, 0.2) is 30.5 Å². The molecule has 5 nitrogen and oxygen atoms in total. The number of carbonyl (C=O) groups is 1. The topological polar surface area (TPSA) is 60.5 Å². The van der Waals surface area contributed by atoms with Gasteiger partial charge in [0.1, 0.15) is 11.3 Å². The summed E-state index contributed by atoms with van der Waals surface area (Å²) < 4.78 is 10.5. The van der Waals surface area contributed by atoms with Gasteiger partial charge in [-0.3, -0.25) is 9.78 Å². The maximum Gasteiger partial charge on any atom is 0.258 e. The van der Waals surface area contributed by atoms with E-state index in [-0.39, 0.29) is 18.6 Å². The highest BCUT2D eigenvalue weighted by atomic mass is 35.5. The molecule has 1 heterocycles. The van der Waals surface area contributed by atoms with Crippen molar-refractivity contribution in [3.63, 3.8) is 0 Å². The Labute approximate surface area is 128 Å². The summed E-state index contributed by atoms with van der Waals surface area (Å²) in [5, 5.41) is 4.17. The number of hydrogen-bond acceptors (Lipinski definition) is 4. The van der Waals surface area contributed by atoms with Gasteiger partial charge in [-0.2, -0.15) is 0 Å². The molecule has 0 bridgehead atoms. The fraction of sp³-hybridized carbons (Fsp3) is 0.333. The Morgan fingerprint density at radius 3 is 3.00 bits per heavy atom. The summed E-state index contributed by atoms with van der Waals surface area (Å²) in [5.74, 6) is 0.322. The predicted molar refractivity (Wildman–Crippen MR) is 81.7 cm³/mol. The van der Waals surface area contributed by atoms with E-state index in [0.29, 0.717) is 22.9 Å². The molecule has 0 spiro atoms. The highest BCUT2D eigenvalue weighted by Crippen LogP contribution is 2.29. The molecule has 0 aliphatic rings. The van der Waals surface area contributed by atoms with E-state index in [0.717, 1.165) is 5.39 Å². The van der Waals surface area contributed by atoms with Crippen molar-refractivity contribution in [2.45, 2.75) is 13.0 Å². The molecule has 1 atom stereocenters. The summed E-state index contributed by atoms with van der Waals surface area (Å²) in [6.45, 7) is 2.24. The fourth-order valence-corrected chi connectivity index (χ4v) is 2.20. The second-order valence-electron chi connectivity index (χ2n) is 4.66. The molecule has 0 radical (unpaired) electrons.